The molecule has 8 aliphatic rings. The Morgan fingerprint density at radius 3 is 1.91 bits per heavy atom. The fourth-order valence-electron chi connectivity index (χ4n) is 14.8. The van der Waals surface area contributed by atoms with Gasteiger partial charge in [-0.15, -0.1) is 0 Å². The molecule has 23 atom stereocenters. The van der Waals surface area contributed by atoms with Gasteiger partial charge < -0.3 is 84.6 Å². The van der Waals surface area contributed by atoms with E-state index in [0.29, 0.717) is 25.7 Å². The van der Waals surface area contributed by atoms with Crippen LogP contribution >= 0.6 is 0 Å². The van der Waals surface area contributed by atoms with Crippen LogP contribution in [0.3, 0.4) is 0 Å². The Morgan fingerprint density at radius 1 is 0.682 bits per heavy atom. The maximum Gasteiger partial charge on any atom is 0.315 e. The van der Waals surface area contributed by atoms with E-state index in [1.807, 2.05) is 0 Å². The zero-order valence-electron chi connectivity index (χ0n) is 38.8. The van der Waals surface area contributed by atoms with E-state index in [0.717, 1.165) is 24.8 Å². The topological polar surface area (TPSA) is 312 Å². The summed E-state index contributed by atoms with van der Waals surface area (Å²) in [5.41, 5.74) is -2.66. The molecule has 19 heteroatoms. The van der Waals surface area contributed by atoms with Crippen molar-refractivity contribution in [2.24, 2.45) is 50.2 Å². The molecule has 19 nitrogen and oxygen atoms in total. The fourth-order valence-corrected chi connectivity index (χ4v) is 14.8. The number of rotatable bonds is 9. The number of aliphatic carboxylic acids is 1. The van der Waals surface area contributed by atoms with E-state index in [-0.39, 0.29) is 48.5 Å². The van der Waals surface area contributed by atoms with Gasteiger partial charge in [-0.25, -0.2) is 0 Å². The Labute approximate surface area is 385 Å². The largest absolute Gasteiger partial charge is 0.481 e. The lowest BCUT2D eigenvalue weighted by Crippen LogP contribution is -2.66. The number of aliphatic hydroxyl groups excluding tert-OH is 10. The summed E-state index contributed by atoms with van der Waals surface area (Å²) in [5, 5.41) is 115. The van der Waals surface area contributed by atoms with Gasteiger partial charge in [0.1, 0.15) is 67.1 Å². The average Bonchev–Trinajstić information content (AvgIpc) is 3.27. The standard InChI is InChI=1S/C47H74O19/c1-42(2)26-9-12-46(6)27(44(26,4)11-10-28(42)64-39-36(29(51)23(50)20-61-39)65-37-34(56)32(54)30(52)24(18-48)62-37)8-7-21-22-17-43(3,40(58)59)13-15-47(22,16-14-45(21,46)5)41(60)66-38-35(57)33(55)31(53)25(19-49)63-38/h7,22-39,48-57H,8-20H2,1-6H3,(H,58,59). The summed E-state index contributed by atoms with van der Waals surface area (Å²) in [6, 6.07) is 0. The van der Waals surface area contributed by atoms with E-state index < -0.39 is 145 Å². The monoisotopic (exact) mass is 942 g/mol. The van der Waals surface area contributed by atoms with Gasteiger partial charge in [-0.1, -0.05) is 46.3 Å². The third-order valence-corrected chi connectivity index (χ3v) is 19.2. The lowest BCUT2D eigenvalue weighted by molar-refractivity contribution is -0.367. The Kier molecular flexibility index (Phi) is 13.6. The normalized spacial score (nSPS) is 53.5. The van der Waals surface area contributed by atoms with Crippen molar-refractivity contribution in [2.75, 3.05) is 19.8 Å². The number of allylic oxidation sites excluding steroid dienone is 2. The molecule has 66 heavy (non-hydrogen) atoms. The number of carboxylic acids is 1. The fraction of sp³-hybridized carbons (Fsp3) is 0.915. The summed E-state index contributed by atoms with van der Waals surface area (Å²) in [5.74, 6) is -1.83. The maximum absolute atomic E-state index is 14.7. The van der Waals surface area contributed by atoms with E-state index in [1.54, 1.807) is 6.92 Å². The summed E-state index contributed by atoms with van der Waals surface area (Å²) < 4.78 is 35.8. The molecule has 0 amide bonds. The summed E-state index contributed by atoms with van der Waals surface area (Å²) in [6.45, 7) is 11.4. The Hall–Kier alpha value is -1.92. The van der Waals surface area contributed by atoms with E-state index in [9.17, 15) is 65.8 Å². The van der Waals surface area contributed by atoms with Crippen LogP contribution in [0.2, 0.25) is 0 Å². The van der Waals surface area contributed by atoms with Crippen molar-refractivity contribution in [1.29, 1.82) is 0 Å². The van der Waals surface area contributed by atoms with Gasteiger partial charge in [0.15, 0.2) is 12.6 Å². The predicted molar refractivity (Wildman–Crippen MR) is 226 cm³/mol. The highest BCUT2D eigenvalue weighted by atomic mass is 16.8. The molecule has 0 radical (unpaired) electrons. The second kappa shape index (κ2) is 17.7. The first kappa shape index (κ1) is 50.5. The molecule has 4 saturated carbocycles. The third kappa shape index (κ3) is 7.64. The van der Waals surface area contributed by atoms with Crippen molar-refractivity contribution in [3.63, 3.8) is 0 Å². The van der Waals surface area contributed by atoms with Gasteiger partial charge in [0.25, 0.3) is 0 Å². The number of aliphatic hydroxyl groups is 10. The summed E-state index contributed by atoms with van der Waals surface area (Å²) in [7, 11) is 0. The van der Waals surface area contributed by atoms with Crippen LogP contribution in [0, 0.1) is 50.2 Å². The molecule has 0 aromatic heterocycles. The Morgan fingerprint density at radius 2 is 1.29 bits per heavy atom. The van der Waals surface area contributed by atoms with Crippen molar-refractivity contribution in [3.8, 4) is 0 Å². The van der Waals surface area contributed by atoms with Gasteiger partial charge in [-0.3, -0.25) is 9.59 Å². The highest BCUT2D eigenvalue weighted by Gasteiger charge is 2.70. The van der Waals surface area contributed by atoms with Gasteiger partial charge in [0.2, 0.25) is 6.29 Å². The third-order valence-electron chi connectivity index (χ3n) is 19.2. The van der Waals surface area contributed by atoms with Gasteiger partial charge in [-0.05, 0) is 111 Å². The molecule has 3 saturated heterocycles. The van der Waals surface area contributed by atoms with Crippen molar-refractivity contribution in [1.82, 2.24) is 0 Å². The van der Waals surface area contributed by atoms with E-state index in [4.69, 9.17) is 28.4 Å². The lowest BCUT2D eigenvalue weighted by Gasteiger charge is -2.71. The summed E-state index contributed by atoms with van der Waals surface area (Å²) in [6.07, 6.45) is -14.4. The maximum atomic E-state index is 14.7. The molecule has 376 valence electrons. The molecular formula is C47H74O19. The minimum Gasteiger partial charge on any atom is -0.481 e. The number of esters is 1. The second-order valence-corrected chi connectivity index (χ2v) is 22.7. The van der Waals surface area contributed by atoms with E-state index >= 15 is 0 Å². The highest BCUT2D eigenvalue weighted by molar-refractivity contribution is 5.81. The zero-order chi connectivity index (χ0) is 48.3. The van der Waals surface area contributed by atoms with Crippen molar-refractivity contribution >= 4 is 11.9 Å². The molecule has 8 rings (SSSR count). The molecule has 3 aliphatic heterocycles. The van der Waals surface area contributed by atoms with Gasteiger partial charge in [0.05, 0.1) is 36.8 Å². The Bertz CT molecular complexity index is 1840. The van der Waals surface area contributed by atoms with Crippen molar-refractivity contribution < 1.29 is 94.2 Å². The average molecular weight is 943 g/mol. The molecular weight excluding hydrogens is 868 g/mol. The molecule has 0 spiro atoms. The molecule has 23 unspecified atom stereocenters. The van der Waals surface area contributed by atoms with Gasteiger partial charge in [0, 0.05) is 0 Å². The van der Waals surface area contributed by atoms with Crippen LogP contribution in [0.5, 0.6) is 0 Å². The number of carbonyl (C=O) groups excluding carboxylic acids is 1. The molecule has 0 aromatic carbocycles. The number of hydrogen-bond acceptors (Lipinski definition) is 18. The van der Waals surface area contributed by atoms with Crippen molar-refractivity contribution in [2.45, 2.75) is 198 Å². The van der Waals surface area contributed by atoms with E-state index in [2.05, 4.69) is 40.7 Å². The number of ether oxygens (including phenoxy) is 6. The minimum absolute atomic E-state index is 0.130. The molecule has 7 fully saturated rings. The zero-order valence-corrected chi connectivity index (χ0v) is 38.8. The van der Waals surface area contributed by atoms with Crippen LogP contribution in [0.4, 0.5) is 0 Å². The summed E-state index contributed by atoms with van der Waals surface area (Å²) in [4.78, 5) is 27.6. The number of fused-ring (bicyclic) bond motifs is 7. The second-order valence-electron chi connectivity index (χ2n) is 22.7. The first-order chi connectivity index (χ1) is 30.8. The van der Waals surface area contributed by atoms with E-state index in [1.165, 1.54) is 0 Å². The smallest absolute Gasteiger partial charge is 0.315 e. The lowest BCUT2D eigenvalue weighted by atomic mass is 9.33. The van der Waals surface area contributed by atoms with Crippen LogP contribution in [0.25, 0.3) is 0 Å². The van der Waals surface area contributed by atoms with Crippen molar-refractivity contribution in [3.05, 3.63) is 11.6 Å². The predicted octanol–water partition coefficient (Wildman–Crippen LogP) is -0.156. The molecule has 11 N–H and O–H groups in total. The first-order valence-corrected chi connectivity index (χ1v) is 23.9. The van der Waals surface area contributed by atoms with Gasteiger partial charge in [-0.2, -0.15) is 0 Å². The van der Waals surface area contributed by atoms with Crippen LogP contribution in [-0.2, 0) is 38.0 Å². The minimum atomic E-state index is -1.78. The number of hydrogen-bond donors (Lipinski definition) is 11. The number of carbonyl (C=O) groups is 2. The van der Waals surface area contributed by atoms with Gasteiger partial charge >= 0.3 is 11.9 Å². The Balaban J connectivity index is 1.05. The highest BCUT2D eigenvalue weighted by Crippen LogP contribution is 2.76. The van der Waals surface area contributed by atoms with Crippen LogP contribution in [0.15, 0.2) is 11.6 Å². The first-order valence-electron chi connectivity index (χ1n) is 23.9. The molecule has 5 aliphatic carbocycles. The van der Waals surface area contributed by atoms with Crippen LogP contribution in [0.1, 0.15) is 106 Å². The molecule has 0 aromatic rings. The SMILES string of the molecule is CC1(C(=O)O)CCC2(C(=O)OC3OC(CO)C(O)C(O)C3O)CCC3(C)C(=CCC4C5(C)CCC(OC6OCC(O)C(O)C6OC6OC(CO)C(O)C(O)C6O)C(C)(C)C5CCC43C)C2C1. The quantitative estimate of drug-likeness (QED) is 0.0813. The van der Waals surface area contributed by atoms with Crippen LogP contribution < -0.4 is 0 Å². The molecule has 3 heterocycles. The van der Waals surface area contributed by atoms with Crippen LogP contribution in [-0.4, -0.2) is 180 Å². The molecule has 0 bridgehead atoms. The summed E-state index contributed by atoms with van der Waals surface area (Å²) >= 11 is 0. The number of carboxylic acid groups (broad SMARTS) is 1.